The molecular formula is C24H24FN3O4. The Kier molecular flexibility index (Phi) is 5.80. The number of halogens is 1. The van der Waals surface area contributed by atoms with Gasteiger partial charge in [0.05, 0.1) is 0 Å². The van der Waals surface area contributed by atoms with Gasteiger partial charge < -0.3 is 18.8 Å². The summed E-state index contributed by atoms with van der Waals surface area (Å²) in [5.41, 5.74) is 1.07. The molecule has 2 heterocycles. The third kappa shape index (κ3) is 4.13. The first-order chi connectivity index (χ1) is 15.3. The van der Waals surface area contributed by atoms with Crippen molar-refractivity contribution in [2.24, 2.45) is 0 Å². The Morgan fingerprint density at radius 2 is 1.75 bits per heavy atom. The molecule has 2 aromatic carbocycles. The molecule has 0 saturated carbocycles. The van der Waals surface area contributed by atoms with Crippen molar-refractivity contribution in [2.45, 2.75) is 38.8 Å². The van der Waals surface area contributed by atoms with Crippen LogP contribution in [0.4, 0.5) is 10.4 Å². The monoisotopic (exact) mass is 437 g/mol. The second-order valence-electron chi connectivity index (χ2n) is 7.80. The third-order valence-electron chi connectivity index (χ3n) is 5.69. The molecule has 4 rings (SSSR count). The quantitative estimate of drug-likeness (QED) is 0.422. The van der Waals surface area contributed by atoms with Crippen molar-refractivity contribution in [3.63, 3.8) is 0 Å². The highest BCUT2D eigenvalue weighted by molar-refractivity contribution is 5.93. The smallest absolute Gasteiger partial charge is 0.336 e. The highest BCUT2D eigenvalue weighted by atomic mass is 19.1. The van der Waals surface area contributed by atoms with Gasteiger partial charge in [-0.2, -0.15) is 0 Å². The molecule has 0 atom stereocenters. The largest absolute Gasteiger partial charge is 0.423 e. The van der Waals surface area contributed by atoms with Crippen LogP contribution in [0.15, 0.2) is 62.2 Å². The minimum atomic E-state index is -1.14. The topological polar surface area (TPSA) is 92.6 Å². The number of hydrogen-bond acceptors (Lipinski definition) is 7. The zero-order valence-electron chi connectivity index (χ0n) is 18.1. The summed E-state index contributed by atoms with van der Waals surface area (Å²) in [6, 6.07) is 13.2. The van der Waals surface area contributed by atoms with Gasteiger partial charge in [-0.15, -0.1) is 5.10 Å². The molecule has 0 aliphatic rings. The Labute approximate surface area is 184 Å². The number of hydrogen-bond donors (Lipinski definition) is 1. The molecule has 0 bridgehead atoms. The van der Waals surface area contributed by atoms with Crippen LogP contribution in [0.25, 0.3) is 22.1 Å². The summed E-state index contributed by atoms with van der Waals surface area (Å²) in [5, 5.41) is 19.4. The van der Waals surface area contributed by atoms with E-state index in [-0.39, 0.29) is 17.7 Å². The molecule has 0 spiro atoms. The van der Waals surface area contributed by atoms with E-state index >= 15 is 0 Å². The molecule has 8 heteroatoms. The van der Waals surface area contributed by atoms with Crippen LogP contribution in [0.1, 0.15) is 38.1 Å². The van der Waals surface area contributed by atoms with Crippen LogP contribution >= 0.6 is 0 Å². The number of benzene rings is 2. The highest BCUT2D eigenvalue weighted by Gasteiger charge is 2.32. The van der Waals surface area contributed by atoms with Crippen molar-refractivity contribution < 1.29 is 18.3 Å². The van der Waals surface area contributed by atoms with Crippen LogP contribution in [0, 0.1) is 5.82 Å². The molecule has 2 aromatic heterocycles. The van der Waals surface area contributed by atoms with Crippen LogP contribution in [0.3, 0.4) is 0 Å². The average Bonchev–Trinajstić information content (AvgIpc) is 3.29. The molecule has 0 fully saturated rings. The molecule has 166 valence electrons. The van der Waals surface area contributed by atoms with E-state index in [0.717, 1.165) is 16.5 Å². The fraction of sp³-hybridized carbons (Fsp3) is 0.292. The predicted octanol–water partition coefficient (Wildman–Crippen LogP) is 4.63. The molecular weight excluding hydrogens is 413 g/mol. The normalized spacial score (nSPS) is 11.8. The second kappa shape index (κ2) is 8.55. The number of aliphatic hydroxyl groups is 1. The summed E-state index contributed by atoms with van der Waals surface area (Å²) in [4.78, 5) is 13.9. The van der Waals surface area contributed by atoms with Gasteiger partial charge in [-0.25, -0.2) is 9.18 Å². The Bertz CT molecular complexity index is 1290. The fourth-order valence-corrected chi connectivity index (χ4v) is 3.63. The van der Waals surface area contributed by atoms with Gasteiger partial charge in [-0.05, 0) is 47.7 Å². The Morgan fingerprint density at radius 1 is 1.03 bits per heavy atom. The van der Waals surface area contributed by atoms with Gasteiger partial charge in [-0.1, -0.05) is 43.2 Å². The SMILES string of the molecule is CCC(O)(CC)c1nnc(N(C)Cc2ccc3c(-c4ccc(F)cc4)cc(=O)oc3c2)o1. The van der Waals surface area contributed by atoms with Gasteiger partial charge in [0.15, 0.2) is 0 Å². The maximum Gasteiger partial charge on any atom is 0.336 e. The van der Waals surface area contributed by atoms with Gasteiger partial charge in [0.2, 0.25) is 5.89 Å². The molecule has 32 heavy (non-hydrogen) atoms. The van der Waals surface area contributed by atoms with E-state index in [2.05, 4.69) is 10.2 Å². The predicted molar refractivity (Wildman–Crippen MR) is 119 cm³/mol. The highest BCUT2D eigenvalue weighted by Crippen LogP contribution is 2.30. The first-order valence-corrected chi connectivity index (χ1v) is 10.4. The molecule has 0 saturated heterocycles. The fourth-order valence-electron chi connectivity index (χ4n) is 3.63. The van der Waals surface area contributed by atoms with Crippen LogP contribution < -0.4 is 10.5 Å². The van der Waals surface area contributed by atoms with Gasteiger partial charge in [-0.3, -0.25) is 0 Å². The summed E-state index contributed by atoms with van der Waals surface area (Å²) in [7, 11) is 1.80. The van der Waals surface area contributed by atoms with E-state index in [9.17, 15) is 14.3 Å². The first kappa shape index (κ1) is 21.7. The van der Waals surface area contributed by atoms with E-state index < -0.39 is 11.2 Å². The van der Waals surface area contributed by atoms with E-state index in [1.54, 1.807) is 30.1 Å². The van der Waals surface area contributed by atoms with Crippen LogP contribution in [-0.4, -0.2) is 22.4 Å². The zero-order valence-corrected chi connectivity index (χ0v) is 18.1. The minimum Gasteiger partial charge on any atom is -0.423 e. The molecule has 0 amide bonds. The van der Waals surface area contributed by atoms with Gasteiger partial charge in [0, 0.05) is 25.0 Å². The van der Waals surface area contributed by atoms with E-state index in [1.165, 1.54) is 18.2 Å². The number of rotatable bonds is 7. The lowest BCUT2D eigenvalue weighted by atomic mass is 9.98. The van der Waals surface area contributed by atoms with Crippen molar-refractivity contribution in [3.8, 4) is 11.1 Å². The number of fused-ring (bicyclic) bond motifs is 1. The lowest BCUT2D eigenvalue weighted by Crippen LogP contribution is -2.24. The minimum absolute atomic E-state index is 0.192. The maximum absolute atomic E-state index is 13.3. The summed E-state index contributed by atoms with van der Waals surface area (Å²) in [6.07, 6.45) is 0.934. The molecule has 0 unspecified atom stereocenters. The number of nitrogens with zero attached hydrogens (tertiary/aromatic N) is 3. The standard InChI is InChI=1S/C24H24FN3O4/c1-4-24(30,5-2)22-26-27-23(32-22)28(3)14-15-6-11-18-19(13-21(29)31-20(18)12-15)16-7-9-17(25)10-8-16/h6-13,30H,4-5,14H2,1-3H3. The summed E-state index contributed by atoms with van der Waals surface area (Å²) < 4.78 is 24.4. The van der Waals surface area contributed by atoms with Gasteiger partial charge in [0.25, 0.3) is 0 Å². The lowest BCUT2D eigenvalue weighted by Gasteiger charge is -2.20. The molecule has 1 N–H and O–H groups in total. The summed E-state index contributed by atoms with van der Waals surface area (Å²) in [5.74, 6) is -0.148. The third-order valence-corrected chi connectivity index (χ3v) is 5.69. The summed E-state index contributed by atoms with van der Waals surface area (Å²) >= 11 is 0. The number of anilines is 1. The average molecular weight is 437 g/mol. The Balaban J connectivity index is 1.63. The van der Waals surface area contributed by atoms with E-state index in [0.29, 0.717) is 30.5 Å². The van der Waals surface area contributed by atoms with Crippen molar-refractivity contribution in [3.05, 3.63) is 76.2 Å². The first-order valence-electron chi connectivity index (χ1n) is 10.4. The van der Waals surface area contributed by atoms with E-state index in [1.807, 2.05) is 26.0 Å². The maximum atomic E-state index is 13.3. The lowest BCUT2D eigenvalue weighted by molar-refractivity contribution is 0.00188. The molecule has 0 aliphatic carbocycles. The second-order valence-corrected chi connectivity index (χ2v) is 7.80. The van der Waals surface area contributed by atoms with Gasteiger partial charge in [0.1, 0.15) is 17.0 Å². The Hall–Kier alpha value is -3.52. The van der Waals surface area contributed by atoms with Crippen LogP contribution in [-0.2, 0) is 12.1 Å². The Morgan fingerprint density at radius 3 is 2.44 bits per heavy atom. The van der Waals surface area contributed by atoms with Gasteiger partial charge >= 0.3 is 11.6 Å². The summed E-state index contributed by atoms with van der Waals surface area (Å²) in [6.45, 7) is 4.14. The molecule has 0 radical (unpaired) electrons. The van der Waals surface area contributed by atoms with Crippen molar-refractivity contribution in [1.82, 2.24) is 10.2 Å². The van der Waals surface area contributed by atoms with E-state index in [4.69, 9.17) is 8.83 Å². The van der Waals surface area contributed by atoms with Crippen LogP contribution in [0.5, 0.6) is 0 Å². The molecule has 4 aromatic rings. The van der Waals surface area contributed by atoms with Crippen molar-refractivity contribution >= 4 is 17.0 Å². The number of aromatic nitrogens is 2. The van der Waals surface area contributed by atoms with Crippen LogP contribution in [0.2, 0.25) is 0 Å². The zero-order chi connectivity index (χ0) is 22.9. The van der Waals surface area contributed by atoms with Crippen molar-refractivity contribution in [2.75, 3.05) is 11.9 Å². The molecule has 7 nitrogen and oxygen atoms in total. The molecule has 0 aliphatic heterocycles. The van der Waals surface area contributed by atoms with Crippen molar-refractivity contribution in [1.29, 1.82) is 0 Å².